The Morgan fingerprint density at radius 1 is 1.00 bits per heavy atom. The number of hydrogen-bond donors (Lipinski definition) is 0. The van der Waals surface area contributed by atoms with Crippen LogP contribution in [0.4, 0.5) is 0 Å². The molecular formula is C18H16O. The van der Waals surface area contributed by atoms with E-state index in [-0.39, 0.29) is 0 Å². The molecule has 1 heteroatoms. The van der Waals surface area contributed by atoms with E-state index in [2.05, 4.69) is 30.9 Å². The van der Waals surface area contributed by atoms with Gasteiger partial charge in [-0.1, -0.05) is 55.5 Å². The molecule has 0 aliphatic heterocycles. The van der Waals surface area contributed by atoms with E-state index in [1.165, 1.54) is 5.56 Å². The molecule has 19 heavy (non-hydrogen) atoms. The van der Waals surface area contributed by atoms with Crippen molar-refractivity contribution in [2.45, 2.75) is 19.8 Å². The van der Waals surface area contributed by atoms with E-state index in [0.717, 1.165) is 30.3 Å². The Morgan fingerprint density at radius 2 is 1.74 bits per heavy atom. The molecule has 2 rings (SSSR count). The lowest BCUT2D eigenvalue weighted by atomic mass is 10.1. The van der Waals surface area contributed by atoms with Gasteiger partial charge in [0.1, 0.15) is 0 Å². The molecule has 0 bridgehead atoms. The molecule has 0 spiro atoms. The molecule has 0 saturated carbocycles. The van der Waals surface area contributed by atoms with Gasteiger partial charge in [0.05, 0.1) is 0 Å². The number of benzene rings is 2. The molecule has 0 N–H and O–H groups in total. The van der Waals surface area contributed by atoms with Crippen molar-refractivity contribution in [3.05, 3.63) is 70.8 Å². The average Bonchev–Trinajstić information content (AvgIpc) is 2.47. The van der Waals surface area contributed by atoms with Gasteiger partial charge in [-0.3, -0.25) is 4.79 Å². The van der Waals surface area contributed by atoms with Gasteiger partial charge in [-0.25, -0.2) is 0 Å². The highest BCUT2D eigenvalue weighted by Gasteiger charge is 1.96. The van der Waals surface area contributed by atoms with Crippen molar-refractivity contribution in [1.82, 2.24) is 0 Å². The fourth-order valence-corrected chi connectivity index (χ4v) is 1.90. The summed E-state index contributed by atoms with van der Waals surface area (Å²) in [6.45, 7) is 2.17. The van der Waals surface area contributed by atoms with Crippen LogP contribution in [0.25, 0.3) is 0 Å². The topological polar surface area (TPSA) is 17.1 Å². The van der Waals surface area contributed by atoms with Gasteiger partial charge in [0.25, 0.3) is 0 Å². The highest BCUT2D eigenvalue weighted by molar-refractivity contribution is 5.79. The number of aldehydes is 1. The summed E-state index contributed by atoms with van der Waals surface area (Å²) >= 11 is 0. The maximum atomic E-state index is 10.9. The third-order valence-corrected chi connectivity index (χ3v) is 2.92. The molecule has 1 nitrogen and oxygen atoms in total. The fraction of sp³-hybridized carbons (Fsp3) is 0.167. The van der Waals surface area contributed by atoms with Crippen LogP contribution in [0.3, 0.4) is 0 Å². The summed E-state index contributed by atoms with van der Waals surface area (Å²) in [7, 11) is 0. The molecule has 0 aliphatic rings. The van der Waals surface area contributed by atoms with Crippen LogP contribution in [0.5, 0.6) is 0 Å². The molecule has 0 amide bonds. The zero-order chi connectivity index (χ0) is 13.5. The standard InChI is InChI=1S/C18H16O/c1-2-5-15-8-10-16(11-9-15)12-13-17-6-3-4-7-18(17)14-19/h3-4,6-11,14H,2,5H2,1H3. The number of carbonyl (C=O) groups excluding carboxylic acids is 1. The van der Waals surface area contributed by atoms with Crippen LogP contribution >= 0.6 is 0 Å². The minimum atomic E-state index is 0.637. The lowest BCUT2D eigenvalue weighted by Gasteiger charge is -1.98. The summed E-state index contributed by atoms with van der Waals surface area (Å²) in [5.74, 6) is 6.15. The molecule has 0 radical (unpaired) electrons. The Labute approximate surface area is 114 Å². The second-order valence-corrected chi connectivity index (χ2v) is 4.40. The summed E-state index contributed by atoms with van der Waals surface area (Å²) in [5, 5.41) is 0. The van der Waals surface area contributed by atoms with Gasteiger partial charge in [0.2, 0.25) is 0 Å². The maximum absolute atomic E-state index is 10.9. The smallest absolute Gasteiger partial charge is 0.151 e. The largest absolute Gasteiger partial charge is 0.298 e. The quantitative estimate of drug-likeness (QED) is 0.595. The predicted octanol–water partition coefficient (Wildman–Crippen LogP) is 3.85. The van der Waals surface area contributed by atoms with Gasteiger partial charge in [-0.2, -0.15) is 0 Å². The summed E-state index contributed by atoms with van der Waals surface area (Å²) in [6.07, 6.45) is 3.09. The Balaban J connectivity index is 2.21. The van der Waals surface area contributed by atoms with Crippen molar-refractivity contribution in [3.8, 4) is 11.8 Å². The van der Waals surface area contributed by atoms with Crippen LogP contribution in [-0.4, -0.2) is 6.29 Å². The first-order valence-electron chi connectivity index (χ1n) is 6.48. The molecule has 0 saturated heterocycles. The van der Waals surface area contributed by atoms with Crippen LogP contribution in [0.15, 0.2) is 48.5 Å². The van der Waals surface area contributed by atoms with Gasteiger partial charge in [-0.15, -0.1) is 0 Å². The van der Waals surface area contributed by atoms with Crippen LogP contribution in [0.1, 0.15) is 40.4 Å². The summed E-state index contributed by atoms with van der Waals surface area (Å²) in [4.78, 5) is 10.9. The molecule has 0 atom stereocenters. The first kappa shape index (κ1) is 13.1. The Bertz CT molecular complexity index is 612. The third-order valence-electron chi connectivity index (χ3n) is 2.92. The van der Waals surface area contributed by atoms with Crippen LogP contribution in [-0.2, 0) is 6.42 Å². The molecular weight excluding hydrogens is 232 g/mol. The number of aryl methyl sites for hydroxylation is 1. The van der Waals surface area contributed by atoms with Gasteiger partial charge in [0, 0.05) is 16.7 Å². The van der Waals surface area contributed by atoms with Gasteiger partial charge >= 0.3 is 0 Å². The van der Waals surface area contributed by atoms with E-state index in [9.17, 15) is 4.79 Å². The second-order valence-electron chi connectivity index (χ2n) is 4.40. The summed E-state index contributed by atoms with van der Waals surface area (Å²) < 4.78 is 0. The highest BCUT2D eigenvalue weighted by atomic mass is 16.1. The molecule has 0 aromatic heterocycles. The van der Waals surface area contributed by atoms with Crippen molar-refractivity contribution < 1.29 is 4.79 Å². The van der Waals surface area contributed by atoms with Crippen molar-refractivity contribution in [1.29, 1.82) is 0 Å². The predicted molar refractivity (Wildman–Crippen MR) is 78.2 cm³/mol. The zero-order valence-corrected chi connectivity index (χ0v) is 11.0. The molecule has 94 valence electrons. The monoisotopic (exact) mass is 248 g/mol. The minimum Gasteiger partial charge on any atom is -0.298 e. The van der Waals surface area contributed by atoms with E-state index in [1.807, 2.05) is 30.3 Å². The van der Waals surface area contributed by atoms with Crippen molar-refractivity contribution in [3.63, 3.8) is 0 Å². The normalized spacial score (nSPS) is 9.53. The third kappa shape index (κ3) is 3.56. The Hall–Kier alpha value is -2.33. The van der Waals surface area contributed by atoms with Crippen LogP contribution in [0, 0.1) is 11.8 Å². The maximum Gasteiger partial charge on any atom is 0.151 e. The lowest BCUT2D eigenvalue weighted by Crippen LogP contribution is -1.86. The van der Waals surface area contributed by atoms with E-state index in [4.69, 9.17) is 0 Å². The first-order chi connectivity index (χ1) is 9.33. The average molecular weight is 248 g/mol. The van der Waals surface area contributed by atoms with E-state index < -0.39 is 0 Å². The van der Waals surface area contributed by atoms with E-state index in [1.54, 1.807) is 6.07 Å². The van der Waals surface area contributed by atoms with Crippen molar-refractivity contribution in [2.24, 2.45) is 0 Å². The number of rotatable bonds is 3. The Kier molecular flexibility index (Phi) is 4.53. The van der Waals surface area contributed by atoms with Crippen molar-refractivity contribution in [2.75, 3.05) is 0 Å². The summed E-state index contributed by atoms with van der Waals surface area (Å²) in [5.41, 5.74) is 3.72. The van der Waals surface area contributed by atoms with Crippen LogP contribution < -0.4 is 0 Å². The van der Waals surface area contributed by atoms with Crippen molar-refractivity contribution >= 4 is 6.29 Å². The van der Waals surface area contributed by atoms with E-state index >= 15 is 0 Å². The van der Waals surface area contributed by atoms with Gasteiger partial charge in [-0.05, 0) is 30.2 Å². The lowest BCUT2D eigenvalue weighted by molar-refractivity contribution is 0.112. The highest BCUT2D eigenvalue weighted by Crippen LogP contribution is 2.07. The second kappa shape index (κ2) is 6.56. The molecule has 0 unspecified atom stereocenters. The number of carbonyl (C=O) groups is 1. The molecule has 0 aliphatic carbocycles. The van der Waals surface area contributed by atoms with Gasteiger partial charge in [0.15, 0.2) is 6.29 Å². The Morgan fingerprint density at radius 3 is 2.42 bits per heavy atom. The first-order valence-corrected chi connectivity index (χ1v) is 6.48. The van der Waals surface area contributed by atoms with Gasteiger partial charge < -0.3 is 0 Å². The number of hydrogen-bond acceptors (Lipinski definition) is 1. The molecule has 2 aromatic carbocycles. The molecule has 2 aromatic rings. The molecule has 0 fully saturated rings. The minimum absolute atomic E-state index is 0.637. The molecule has 0 heterocycles. The van der Waals surface area contributed by atoms with E-state index in [0.29, 0.717) is 5.56 Å². The van der Waals surface area contributed by atoms with Crippen LogP contribution in [0.2, 0.25) is 0 Å². The fourth-order valence-electron chi connectivity index (χ4n) is 1.90. The zero-order valence-electron chi connectivity index (χ0n) is 11.0. The summed E-state index contributed by atoms with van der Waals surface area (Å²) in [6, 6.07) is 15.7. The SMILES string of the molecule is CCCc1ccc(C#Cc2ccccc2C=O)cc1.